The zero-order valence-electron chi connectivity index (χ0n) is 17.9. The van der Waals surface area contributed by atoms with E-state index in [1.807, 2.05) is 52.0 Å². The summed E-state index contributed by atoms with van der Waals surface area (Å²) in [4.78, 5) is 52.9. The molecule has 1 atom stereocenters. The number of carbonyl (C=O) groups excluding carboxylic acids is 4. The minimum atomic E-state index is -1.13. The molecule has 0 saturated carbocycles. The molecule has 1 spiro atoms. The number of fused-ring (bicyclic) bond motifs is 2. The maximum atomic E-state index is 13.2. The molecule has 1 aliphatic carbocycles. The maximum Gasteiger partial charge on any atom is 0.326 e. The van der Waals surface area contributed by atoms with Crippen LogP contribution in [0.3, 0.4) is 0 Å². The number of ether oxygens (including phenoxy) is 1. The van der Waals surface area contributed by atoms with Crippen LogP contribution in [-0.4, -0.2) is 58.8 Å². The van der Waals surface area contributed by atoms with E-state index in [0.717, 1.165) is 28.9 Å². The molecule has 4 amide bonds. The predicted molar refractivity (Wildman–Crippen MR) is 109 cm³/mol. The van der Waals surface area contributed by atoms with Gasteiger partial charge in [-0.2, -0.15) is 0 Å². The van der Waals surface area contributed by atoms with Crippen LogP contribution in [0.15, 0.2) is 24.3 Å². The van der Waals surface area contributed by atoms with Gasteiger partial charge in [0.15, 0.2) is 6.61 Å². The van der Waals surface area contributed by atoms with E-state index < -0.39 is 36.6 Å². The van der Waals surface area contributed by atoms with Gasteiger partial charge in [-0.3, -0.25) is 19.3 Å². The Balaban J connectivity index is 1.67. The number of carbonyl (C=O) groups is 4. The summed E-state index contributed by atoms with van der Waals surface area (Å²) in [6.45, 7) is 6.59. The summed E-state index contributed by atoms with van der Waals surface area (Å²) in [7, 11) is 0. The standard InChI is InChI=1S/C22H29N3O5/c1-14(2)25(15(3)4)18(26)13-30-19(27)12-24-20(28)22(23-21(24)29)11-7-9-16-8-5-6-10-17(16)22/h5-6,8,10,14-15H,7,9,11-13H2,1-4H3,(H,23,29)/t22-/m0/s1. The third kappa shape index (κ3) is 3.91. The number of amides is 4. The normalized spacial score (nSPS) is 20.5. The van der Waals surface area contributed by atoms with E-state index in [-0.39, 0.29) is 18.0 Å². The third-order valence-electron chi connectivity index (χ3n) is 5.70. The monoisotopic (exact) mass is 415 g/mol. The second-order valence-corrected chi connectivity index (χ2v) is 8.39. The van der Waals surface area contributed by atoms with Gasteiger partial charge in [-0.15, -0.1) is 0 Å². The van der Waals surface area contributed by atoms with Crippen LogP contribution in [0.4, 0.5) is 4.79 Å². The molecule has 1 N–H and O–H groups in total. The summed E-state index contributed by atoms with van der Waals surface area (Å²) in [5.74, 6) is -1.56. The number of aryl methyl sites for hydroxylation is 1. The molecular weight excluding hydrogens is 386 g/mol. The summed E-state index contributed by atoms with van der Waals surface area (Å²) in [5, 5.41) is 2.80. The highest BCUT2D eigenvalue weighted by Gasteiger charge is 2.54. The Labute approximate surface area is 176 Å². The lowest BCUT2D eigenvalue weighted by Gasteiger charge is -2.33. The van der Waals surface area contributed by atoms with E-state index in [4.69, 9.17) is 4.74 Å². The van der Waals surface area contributed by atoms with Gasteiger partial charge in [-0.25, -0.2) is 4.79 Å². The van der Waals surface area contributed by atoms with Gasteiger partial charge in [0, 0.05) is 12.1 Å². The first-order valence-corrected chi connectivity index (χ1v) is 10.4. The average Bonchev–Trinajstić information content (AvgIpc) is 2.91. The molecule has 8 nitrogen and oxygen atoms in total. The number of urea groups is 1. The second kappa shape index (κ2) is 8.45. The Kier molecular flexibility index (Phi) is 6.14. The molecule has 0 radical (unpaired) electrons. The summed E-state index contributed by atoms with van der Waals surface area (Å²) in [5.41, 5.74) is 0.675. The van der Waals surface area contributed by atoms with Gasteiger partial charge < -0.3 is 15.0 Å². The van der Waals surface area contributed by atoms with Crippen LogP contribution in [0.5, 0.6) is 0 Å². The molecule has 1 saturated heterocycles. The number of imide groups is 1. The largest absolute Gasteiger partial charge is 0.454 e. The minimum Gasteiger partial charge on any atom is -0.454 e. The van der Waals surface area contributed by atoms with Crippen LogP contribution >= 0.6 is 0 Å². The summed E-state index contributed by atoms with van der Waals surface area (Å²) < 4.78 is 5.08. The summed E-state index contributed by atoms with van der Waals surface area (Å²) >= 11 is 0. The number of hydrogen-bond acceptors (Lipinski definition) is 5. The third-order valence-corrected chi connectivity index (χ3v) is 5.70. The molecule has 0 bridgehead atoms. The lowest BCUT2D eigenvalue weighted by molar-refractivity contribution is -0.155. The molecule has 162 valence electrons. The molecule has 0 unspecified atom stereocenters. The molecular formula is C22H29N3O5. The summed E-state index contributed by atoms with van der Waals surface area (Å²) in [6.07, 6.45) is 2.08. The van der Waals surface area contributed by atoms with E-state index in [1.165, 1.54) is 0 Å². The van der Waals surface area contributed by atoms with E-state index in [0.29, 0.717) is 6.42 Å². The topological polar surface area (TPSA) is 96.0 Å². The number of rotatable bonds is 6. The lowest BCUT2D eigenvalue weighted by Crippen LogP contribution is -2.47. The number of nitrogens with one attached hydrogen (secondary N) is 1. The van der Waals surface area contributed by atoms with Crippen molar-refractivity contribution in [3.63, 3.8) is 0 Å². The average molecular weight is 415 g/mol. The van der Waals surface area contributed by atoms with Crippen molar-refractivity contribution in [3.05, 3.63) is 35.4 Å². The first-order chi connectivity index (χ1) is 14.2. The van der Waals surface area contributed by atoms with Crippen molar-refractivity contribution in [3.8, 4) is 0 Å². The van der Waals surface area contributed by atoms with Crippen molar-refractivity contribution in [2.24, 2.45) is 0 Å². The van der Waals surface area contributed by atoms with E-state index >= 15 is 0 Å². The highest BCUT2D eigenvalue weighted by molar-refractivity contribution is 6.09. The molecule has 3 rings (SSSR count). The van der Waals surface area contributed by atoms with E-state index in [2.05, 4.69) is 5.32 Å². The Bertz CT molecular complexity index is 858. The van der Waals surface area contributed by atoms with Gasteiger partial charge in [0.25, 0.3) is 11.8 Å². The molecule has 2 aliphatic rings. The zero-order chi connectivity index (χ0) is 22.1. The van der Waals surface area contributed by atoms with Crippen molar-refractivity contribution < 1.29 is 23.9 Å². The van der Waals surface area contributed by atoms with Crippen LogP contribution in [-0.2, 0) is 31.1 Å². The fourth-order valence-corrected chi connectivity index (χ4v) is 4.52. The Morgan fingerprint density at radius 2 is 1.83 bits per heavy atom. The van der Waals surface area contributed by atoms with Gasteiger partial charge in [0.1, 0.15) is 12.1 Å². The van der Waals surface area contributed by atoms with Gasteiger partial charge >= 0.3 is 12.0 Å². The first-order valence-electron chi connectivity index (χ1n) is 10.4. The van der Waals surface area contributed by atoms with Gasteiger partial charge in [-0.1, -0.05) is 24.3 Å². The molecule has 1 heterocycles. The quantitative estimate of drug-likeness (QED) is 0.566. The number of esters is 1. The van der Waals surface area contributed by atoms with Crippen LogP contribution in [0.2, 0.25) is 0 Å². The van der Waals surface area contributed by atoms with Crippen LogP contribution in [0.1, 0.15) is 51.7 Å². The van der Waals surface area contributed by atoms with Gasteiger partial charge in [0.05, 0.1) is 0 Å². The molecule has 1 fully saturated rings. The molecule has 8 heteroatoms. The second-order valence-electron chi connectivity index (χ2n) is 8.39. The molecule has 0 aromatic heterocycles. The van der Waals surface area contributed by atoms with Crippen LogP contribution < -0.4 is 5.32 Å². The SMILES string of the molecule is CC(C)N(C(=O)COC(=O)CN1C(=O)N[C@]2(CCCc3ccccc32)C1=O)C(C)C. The predicted octanol–water partition coefficient (Wildman–Crippen LogP) is 1.96. The van der Waals surface area contributed by atoms with Crippen molar-refractivity contribution in [1.82, 2.24) is 15.1 Å². The van der Waals surface area contributed by atoms with Crippen molar-refractivity contribution in [2.45, 2.75) is 64.6 Å². The van der Waals surface area contributed by atoms with Crippen LogP contribution in [0.25, 0.3) is 0 Å². The number of nitrogens with zero attached hydrogens (tertiary/aromatic N) is 2. The van der Waals surface area contributed by atoms with E-state index in [1.54, 1.807) is 4.90 Å². The Hall–Kier alpha value is -2.90. The van der Waals surface area contributed by atoms with Gasteiger partial charge in [0.2, 0.25) is 0 Å². The highest BCUT2D eigenvalue weighted by atomic mass is 16.5. The fraction of sp³-hybridized carbons (Fsp3) is 0.545. The molecule has 1 aromatic carbocycles. The molecule has 1 aromatic rings. The minimum absolute atomic E-state index is 0.0339. The molecule has 1 aliphatic heterocycles. The van der Waals surface area contributed by atoms with Crippen molar-refractivity contribution in [1.29, 1.82) is 0 Å². The lowest BCUT2D eigenvalue weighted by atomic mass is 9.76. The molecule has 30 heavy (non-hydrogen) atoms. The maximum absolute atomic E-state index is 13.2. The Morgan fingerprint density at radius 3 is 2.50 bits per heavy atom. The number of benzene rings is 1. The smallest absolute Gasteiger partial charge is 0.326 e. The van der Waals surface area contributed by atoms with Gasteiger partial charge in [-0.05, 0) is 58.1 Å². The zero-order valence-corrected chi connectivity index (χ0v) is 17.9. The summed E-state index contributed by atoms with van der Waals surface area (Å²) in [6, 6.07) is 6.85. The fourth-order valence-electron chi connectivity index (χ4n) is 4.52. The van der Waals surface area contributed by atoms with Crippen LogP contribution in [0, 0.1) is 0 Å². The Morgan fingerprint density at radius 1 is 1.17 bits per heavy atom. The highest BCUT2D eigenvalue weighted by Crippen LogP contribution is 2.39. The number of hydrogen-bond donors (Lipinski definition) is 1. The van der Waals surface area contributed by atoms with Crippen molar-refractivity contribution in [2.75, 3.05) is 13.2 Å². The van der Waals surface area contributed by atoms with Crippen molar-refractivity contribution >= 4 is 23.8 Å². The van der Waals surface area contributed by atoms with E-state index in [9.17, 15) is 19.2 Å². The first kappa shape index (κ1) is 21.8.